The molecule has 2 aromatic carbocycles. The maximum absolute atomic E-state index is 13.1. The molecule has 1 saturated heterocycles. The fraction of sp³-hybridized carbons (Fsp3) is 0.409. The standard InChI is InChI=1S/C22H27N3O2S/c1-24(22(27)12-16-7-8-20-18(11-16)15-28-23-20)21(17-5-3-2-4-6-17)14-25-10-9-19(26)13-25/h2-8,11,19,21,23,26H,9-10,12-15H2,1H3/t19-,21+/m0/s1. The quantitative estimate of drug-likeness (QED) is 0.734. The summed E-state index contributed by atoms with van der Waals surface area (Å²) in [6.07, 6.45) is 0.955. The number of likely N-dealkylation sites (tertiary alicyclic amines) is 1. The Morgan fingerprint density at radius 3 is 2.89 bits per heavy atom. The molecule has 4 rings (SSSR count). The molecule has 1 fully saturated rings. The number of hydrogen-bond acceptors (Lipinski definition) is 5. The summed E-state index contributed by atoms with van der Waals surface area (Å²) in [6, 6.07) is 16.4. The van der Waals surface area contributed by atoms with Gasteiger partial charge in [-0.3, -0.25) is 9.69 Å². The van der Waals surface area contributed by atoms with Gasteiger partial charge in [0, 0.05) is 38.1 Å². The number of β-amino-alcohol motifs (C(OH)–C–C–N with tert-alkyl or cyclic N) is 1. The fourth-order valence-electron chi connectivity index (χ4n) is 3.99. The number of nitrogens with zero attached hydrogens (tertiary/aromatic N) is 2. The molecular formula is C22H27N3O2S. The third-order valence-corrected chi connectivity index (χ3v) is 6.48. The fourth-order valence-corrected chi connectivity index (χ4v) is 4.81. The Bertz CT molecular complexity index is 830. The van der Waals surface area contributed by atoms with Crippen LogP contribution in [0.25, 0.3) is 0 Å². The number of fused-ring (bicyclic) bond motifs is 1. The van der Waals surface area contributed by atoms with Crippen LogP contribution >= 0.6 is 11.9 Å². The summed E-state index contributed by atoms with van der Waals surface area (Å²) in [5.74, 6) is 1.06. The van der Waals surface area contributed by atoms with E-state index in [1.165, 1.54) is 5.56 Å². The number of amides is 1. The van der Waals surface area contributed by atoms with Crippen molar-refractivity contribution in [2.75, 3.05) is 31.4 Å². The van der Waals surface area contributed by atoms with Crippen LogP contribution in [0.3, 0.4) is 0 Å². The number of anilines is 1. The highest BCUT2D eigenvalue weighted by atomic mass is 32.2. The van der Waals surface area contributed by atoms with E-state index in [4.69, 9.17) is 0 Å². The van der Waals surface area contributed by atoms with Crippen molar-refractivity contribution in [3.8, 4) is 0 Å². The Balaban J connectivity index is 1.49. The SMILES string of the molecule is CN(C(=O)Cc1ccc2c(c1)CSN2)[C@H](CN1CC[C@H](O)C1)c1ccccc1. The summed E-state index contributed by atoms with van der Waals surface area (Å²) >= 11 is 1.69. The number of carbonyl (C=O) groups is 1. The zero-order valence-electron chi connectivity index (χ0n) is 16.2. The van der Waals surface area contributed by atoms with Crippen LogP contribution in [-0.2, 0) is 17.0 Å². The molecule has 0 aromatic heterocycles. The van der Waals surface area contributed by atoms with E-state index in [1.807, 2.05) is 36.2 Å². The Labute approximate surface area is 170 Å². The lowest BCUT2D eigenvalue weighted by molar-refractivity contribution is -0.131. The number of carbonyl (C=O) groups excluding carboxylic acids is 1. The average molecular weight is 398 g/mol. The third-order valence-electron chi connectivity index (χ3n) is 5.66. The van der Waals surface area contributed by atoms with Gasteiger partial charge in [0.2, 0.25) is 5.91 Å². The van der Waals surface area contributed by atoms with Crippen molar-refractivity contribution in [2.45, 2.75) is 30.7 Å². The molecule has 2 aliphatic heterocycles. The Hall–Kier alpha value is -2.02. The number of nitrogens with one attached hydrogen (secondary N) is 1. The Kier molecular flexibility index (Phi) is 5.90. The summed E-state index contributed by atoms with van der Waals surface area (Å²) in [6.45, 7) is 2.30. The molecule has 2 heterocycles. The van der Waals surface area contributed by atoms with Gasteiger partial charge < -0.3 is 14.7 Å². The monoisotopic (exact) mass is 397 g/mol. The van der Waals surface area contributed by atoms with Crippen LogP contribution in [0.2, 0.25) is 0 Å². The van der Waals surface area contributed by atoms with Crippen molar-refractivity contribution < 1.29 is 9.90 Å². The Morgan fingerprint density at radius 1 is 1.32 bits per heavy atom. The van der Waals surface area contributed by atoms with Gasteiger partial charge in [-0.25, -0.2) is 0 Å². The number of rotatable bonds is 6. The van der Waals surface area contributed by atoms with E-state index in [0.29, 0.717) is 13.0 Å². The van der Waals surface area contributed by atoms with Gasteiger partial charge in [0.25, 0.3) is 0 Å². The number of benzene rings is 2. The molecule has 2 aromatic rings. The molecule has 6 heteroatoms. The lowest BCUT2D eigenvalue weighted by Gasteiger charge is -2.32. The maximum atomic E-state index is 13.1. The molecule has 0 radical (unpaired) electrons. The number of aliphatic hydroxyl groups is 1. The van der Waals surface area contributed by atoms with Gasteiger partial charge in [0.05, 0.1) is 18.6 Å². The van der Waals surface area contributed by atoms with E-state index in [1.54, 1.807) is 11.9 Å². The predicted octanol–water partition coefficient (Wildman–Crippen LogP) is 3.07. The lowest BCUT2D eigenvalue weighted by Crippen LogP contribution is -2.39. The van der Waals surface area contributed by atoms with Crippen molar-refractivity contribution in [2.24, 2.45) is 0 Å². The summed E-state index contributed by atoms with van der Waals surface area (Å²) in [5, 5.41) is 9.87. The normalized spacial score (nSPS) is 19.9. The van der Waals surface area contributed by atoms with Gasteiger partial charge in [-0.1, -0.05) is 42.5 Å². The summed E-state index contributed by atoms with van der Waals surface area (Å²) < 4.78 is 3.28. The van der Waals surface area contributed by atoms with Crippen LogP contribution in [0.1, 0.15) is 29.2 Å². The van der Waals surface area contributed by atoms with Crippen molar-refractivity contribution >= 4 is 23.5 Å². The first-order valence-corrected chi connectivity index (χ1v) is 10.8. The van der Waals surface area contributed by atoms with E-state index >= 15 is 0 Å². The molecular weight excluding hydrogens is 370 g/mol. The van der Waals surface area contributed by atoms with Gasteiger partial charge in [-0.05, 0) is 41.1 Å². The largest absolute Gasteiger partial charge is 0.392 e. The molecule has 0 unspecified atom stereocenters. The van der Waals surface area contributed by atoms with E-state index < -0.39 is 0 Å². The molecule has 2 N–H and O–H groups in total. The molecule has 0 saturated carbocycles. The highest BCUT2D eigenvalue weighted by Crippen LogP contribution is 2.31. The van der Waals surface area contributed by atoms with Crippen LogP contribution in [0.5, 0.6) is 0 Å². The van der Waals surface area contributed by atoms with Crippen LogP contribution < -0.4 is 4.72 Å². The van der Waals surface area contributed by atoms with Crippen molar-refractivity contribution in [1.29, 1.82) is 0 Å². The minimum absolute atomic E-state index is 0.0225. The molecule has 28 heavy (non-hydrogen) atoms. The zero-order chi connectivity index (χ0) is 19.5. The minimum Gasteiger partial charge on any atom is -0.392 e. The molecule has 0 bridgehead atoms. The van der Waals surface area contributed by atoms with Crippen molar-refractivity contribution in [3.05, 3.63) is 65.2 Å². The molecule has 2 atom stereocenters. The molecule has 148 valence electrons. The average Bonchev–Trinajstić information content (AvgIpc) is 3.34. The number of likely N-dealkylation sites (N-methyl/N-ethyl adjacent to an activating group) is 1. The van der Waals surface area contributed by atoms with Gasteiger partial charge in [0.1, 0.15) is 0 Å². The van der Waals surface area contributed by atoms with Crippen molar-refractivity contribution in [3.63, 3.8) is 0 Å². The topological polar surface area (TPSA) is 55.8 Å². The lowest BCUT2D eigenvalue weighted by atomic mass is 10.0. The molecule has 2 aliphatic rings. The van der Waals surface area contributed by atoms with Gasteiger partial charge in [-0.15, -0.1) is 0 Å². The molecule has 5 nitrogen and oxygen atoms in total. The molecule has 0 aliphatic carbocycles. The van der Waals surface area contributed by atoms with Gasteiger partial charge in [0.15, 0.2) is 0 Å². The summed E-state index contributed by atoms with van der Waals surface area (Å²) in [5.41, 5.74) is 4.62. The second-order valence-corrected chi connectivity index (χ2v) is 8.47. The van der Waals surface area contributed by atoms with Crippen LogP contribution in [0, 0.1) is 0 Å². The van der Waals surface area contributed by atoms with Crippen molar-refractivity contribution in [1.82, 2.24) is 9.80 Å². The summed E-state index contributed by atoms with van der Waals surface area (Å²) in [7, 11) is 1.90. The van der Waals surface area contributed by atoms with Gasteiger partial charge in [-0.2, -0.15) is 0 Å². The van der Waals surface area contributed by atoms with Gasteiger partial charge >= 0.3 is 0 Å². The predicted molar refractivity (Wildman–Crippen MR) is 114 cm³/mol. The first-order chi connectivity index (χ1) is 13.6. The smallest absolute Gasteiger partial charge is 0.227 e. The van der Waals surface area contributed by atoms with E-state index in [9.17, 15) is 9.90 Å². The Morgan fingerprint density at radius 2 is 2.14 bits per heavy atom. The third kappa shape index (κ3) is 4.35. The highest BCUT2D eigenvalue weighted by molar-refractivity contribution is 8.00. The number of hydrogen-bond donors (Lipinski definition) is 2. The van der Waals surface area contributed by atoms with Crippen LogP contribution in [0.15, 0.2) is 48.5 Å². The van der Waals surface area contributed by atoms with Crippen LogP contribution in [-0.4, -0.2) is 53.6 Å². The highest BCUT2D eigenvalue weighted by Gasteiger charge is 2.28. The maximum Gasteiger partial charge on any atom is 0.227 e. The van der Waals surface area contributed by atoms with E-state index in [2.05, 4.69) is 33.9 Å². The first kappa shape index (κ1) is 19.3. The first-order valence-electron chi connectivity index (χ1n) is 9.81. The van der Waals surface area contributed by atoms with E-state index in [-0.39, 0.29) is 18.1 Å². The second-order valence-electron chi connectivity index (χ2n) is 7.69. The summed E-state index contributed by atoms with van der Waals surface area (Å²) in [4.78, 5) is 17.2. The zero-order valence-corrected chi connectivity index (χ0v) is 17.0. The second kappa shape index (κ2) is 8.55. The molecule has 1 amide bonds. The van der Waals surface area contributed by atoms with E-state index in [0.717, 1.165) is 42.1 Å². The van der Waals surface area contributed by atoms with Crippen LogP contribution in [0.4, 0.5) is 5.69 Å². The molecule has 0 spiro atoms. The minimum atomic E-state index is -0.254. The number of aliphatic hydroxyl groups excluding tert-OH is 1.